The average Bonchev–Trinajstić information content (AvgIpc) is 3.20. The van der Waals surface area contributed by atoms with Crippen molar-refractivity contribution >= 4 is 39.2 Å². The zero-order chi connectivity index (χ0) is 19.6. The summed E-state index contributed by atoms with van der Waals surface area (Å²) >= 11 is 7.53. The van der Waals surface area contributed by atoms with Crippen molar-refractivity contribution in [3.05, 3.63) is 47.8 Å². The van der Waals surface area contributed by atoms with Crippen LogP contribution in [0.1, 0.15) is 19.3 Å². The summed E-state index contributed by atoms with van der Waals surface area (Å²) in [6, 6.07) is 7.78. The van der Waals surface area contributed by atoms with E-state index in [2.05, 4.69) is 31.9 Å². The molecule has 1 aliphatic heterocycles. The molecule has 1 unspecified atom stereocenters. The molecule has 3 heterocycles. The van der Waals surface area contributed by atoms with Gasteiger partial charge in [0.05, 0.1) is 0 Å². The lowest BCUT2D eigenvalue weighted by molar-refractivity contribution is 0.211. The van der Waals surface area contributed by atoms with Gasteiger partial charge in [0.1, 0.15) is 22.2 Å². The molecule has 0 saturated carbocycles. The van der Waals surface area contributed by atoms with Gasteiger partial charge in [0.15, 0.2) is 5.82 Å². The maximum absolute atomic E-state index is 6.03. The summed E-state index contributed by atoms with van der Waals surface area (Å²) in [4.78, 5) is 14.2. The Kier molecular flexibility index (Phi) is 5.48. The van der Waals surface area contributed by atoms with Gasteiger partial charge in [0, 0.05) is 43.3 Å². The fourth-order valence-corrected chi connectivity index (χ4v) is 5.30. The largest absolute Gasteiger partial charge is 0.353 e. The SMILES string of the molecule is Clc1ccc(-c2nsc3c(N4CCN(CC5CC=CCC5)CC4)ncnc23)cc1. The molecule has 150 valence electrons. The minimum Gasteiger partial charge on any atom is -0.353 e. The van der Waals surface area contributed by atoms with Crippen LogP contribution in [0.15, 0.2) is 42.7 Å². The van der Waals surface area contributed by atoms with Crippen LogP contribution in [0.5, 0.6) is 0 Å². The molecule has 0 spiro atoms. The number of aromatic nitrogens is 3. The van der Waals surface area contributed by atoms with Crippen LogP contribution < -0.4 is 4.90 Å². The second-order valence-electron chi connectivity index (χ2n) is 7.85. The average molecular weight is 426 g/mol. The number of fused-ring (bicyclic) bond motifs is 1. The molecule has 1 atom stereocenters. The van der Waals surface area contributed by atoms with Gasteiger partial charge in [0.2, 0.25) is 0 Å². The maximum atomic E-state index is 6.03. The van der Waals surface area contributed by atoms with Crippen molar-refractivity contribution in [1.29, 1.82) is 0 Å². The van der Waals surface area contributed by atoms with Gasteiger partial charge in [-0.1, -0.05) is 35.9 Å². The first-order valence-electron chi connectivity index (χ1n) is 10.3. The van der Waals surface area contributed by atoms with Crippen LogP contribution in [-0.4, -0.2) is 52.0 Å². The summed E-state index contributed by atoms with van der Waals surface area (Å²) in [5, 5.41) is 0.728. The molecule has 7 heteroatoms. The molecule has 0 amide bonds. The van der Waals surface area contributed by atoms with Gasteiger partial charge in [0.25, 0.3) is 0 Å². The Morgan fingerprint density at radius 3 is 2.62 bits per heavy atom. The molecule has 1 aromatic carbocycles. The number of hydrogen-bond donors (Lipinski definition) is 0. The van der Waals surface area contributed by atoms with Crippen LogP contribution >= 0.6 is 23.1 Å². The van der Waals surface area contributed by atoms with Crippen molar-refractivity contribution in [2.75, 3.05) is 37.6 Å². The van der Waals surface area contributed by atoms with Gasteiger partial charge in [-0.05, 0) is 48.8 Å². The second-order valence-corrected chi connectivity index (χ2v) is 9.06. The summed E-state index contributed by atoms with van der Waals surface area (Å²) in [7, 11) is 0. The van der Waals surface area contributed by atoms with E-state index in [-0.39, 0.29) is 0 Å². The summed E-state index contributed by atoms with van der Waals surface area (Å²) in [5.41, 5.74) is 2.88. The standard InChI is InChI=1S/C22H24ClN5S/c23-18-8-6-17(7-9-18)19-20-21(29-26-19)22(25-15-24-20)28-12-10-27(11-13-28)14-16-4-2-1-3-5-16/h1-2,6-9,15-16H,3-5,10-14H2. The van der Waals surface area contributed by atoms with E-state index in [0.29, 0.717) is 0 Å². The first-order valence-corrected chi connectivity index (χ1v) is 11.4. The van der Waals surface area contributed by atoms with E-state index >= 15 is 0 Å². The third-order valence-electron chi connectivity index (χ3n) is 5.92. The first-order chi connectivity index (χ1) is 14.3. The Morgan fingerprint density at radius 1 is 1.03 bits per heavy atom. The number of anilines is 1. The monoisotopic (exact) mass is 425 g/mol. The van der Waals surface area contributed by atoms with Gasteiger partial charge in [-0.2, -0.15) is 4.37 Å². The third kappa shape index (κ3) is 4.02. The van der Waals surface area contributed by atoms with Crippen LogP contribution in [0.25, 0.3) is 21.5 Å². The normalized spacial score (nSPS) is 20.4. The van der Waals surface area contributed by atoms with Gasteiger partial charge in [-0.15, -0.1) is 0 Å². The number of piperazine rings is 1. The quantitative estimate of drug-likeness (QED) is 0.557. The molecule has 0 bridgehead atoms. The third-order valence-corrected chi connectivity index (χ3v) is 7.01. The van der Waals surface area contributed by atoms with Crippen molar-refractivity contribution < 1.29 is 0 Å². The lowest BCUT2D eigenvalue weighted by atomic mass is 9.94. The van der Waals surface area contributed by atoms with Crippen LogP contribution in [0.3, 0.4) is 0 Å². The van der Waals surface area contributed by atoms with Crippen molar-refractivity contribution in [3.63, 3.8) is 0 Å². The van der Waals surface area contributed by atoms with Crippen molar-refractivity contribution in [1.82, 2.24) is 19.2 Å². The van der Waals surface area contributed by atoms with Gasteiger partial charge in [-0.3, -0.25) is 4.90 Å². The van der Waals surface area contributed by atoms with Gasteiger partial charge in [-0.25, -0.2) is 9.97 Å². The molecular weight excluding hydrogens is 402 g/mol. The van der Waals surface area contributed by atoms with E-state index in [9.17, 15) is 0 Å². The number of halogens is 1. The first kappa shape index (κ1) is 19.0. The molecule has 2 aromatic heterocycles. The number of allylic oxidation sites excluding steroid dienone is 2. The zero-order valence-electron chi connectivity index (χ0n) is 16.3. The minimum atomic E-state index is 0.728. The molecule has 29 heavy (non-hydrogen) atoms. The topological polar surface area (TPSA) is 45.2 Å². The second kappa shape index (κ2) is 8.38. The van der Waals surface area contributed by atoms with E-state index in [1.54, 1.807) is 6.33 Å². The lowest BCUT2D eigenvalue weighted by Gasteiger charge is -2.37. The number of hydrogen-bond acceptors (Lipinski definition) is 6. The summed E-state index contributed by atoms with van der Waals surface area (Å²) < 4.78 is 5.77. The molecule has 5 nitrogen and oxygen atoms in total. The van der Waals surface area contributed by atoms with E-state index < -0.39 is 0 Å². The molecular formula is C22H24ClN5S. The molecule has 2 aliphatic rings. The molecule has 1 fully saturated rings. The van der Waals surface area contributed by atoms with E-state index in [0.717, 1.165) is 64.4 Å². The highest BCUT2D eigenvalue weighted by Gasteiger charge is 2.24. The van der Waals surface area contributed by atoms with Crippen LogP contribution in [-0.2, 0) is 0 Å². The fourth-order valence-electron chi connectivity index (χ4n) is 4.30. The highest BCUT2D eigenvalue weighted by Crippen LogP contribution is 2.35. The molecule has 5 rings (SSSR count). The van der Waals surface area contributed by atoms with Crippen molar-refractivity contribution in [2.24, 2.45) is 5.92 Å². The van der Waals surface area contributed by atoms with Crippen LogP contribution in [0.2, 0.25) is 5.02 Å². The minimum absolute atomic E-state index is 0.728. The van der Waals surface area contributed by atoms with E-state index in [1.807, 2.05) is 24.3 Å². The van der Waals surface area contributed by atoms with Gasteiger partial charge < -0.3 is 4.90 Å². The Labute approximate surface area is 180 Å². The predicted molar refractivity (Wildman–Crippen MR) is 121 cm³/mol. The summed E-state index contributed by atoms with van der Waals surface area (Å²) in [5.74, 6) is 1.84. The number of benzene rings is 1. The molecule has 0 N–H and O–H groups in total. The van der Waals surface area contributed by atoms with Crippen LogP contribution in [0, 0.1) is 5.92 Å². The van der Waals surface area contributed by atoms with Crippen molar-refractivity contribution in [2.45, 2.75) is 19.3 Å². The molecule has 0 radical (unpaired) electrons. The zero-order valence-corrected chi connectivity index (χ0v) is 17.9. The van der Waals surface area contributed by atoms with E-state index in [4.69, 9.17) is 16.0 Å². The smallest absolute Gasteiger partial charge is 0.151 e. The maximum Gasteiger partial charge on any atom is 0.151 e. The van der Waals surface area contributed by atoms with Crippen molar-refractivity contribution in [3.8, 4) is 11.3 Å². The molecule has 1 saturated heterocycles. The van der Waals surface area contributed by atoms with E-state index in [1.165, 1.54) is 37.3 Å². The molecule has 3 aromatic rings. The van der Waals surface area contributed by atoms with Crippen LogP contribution in [0.4, 0.5) is 5.82 Å². The predicted octanol–water partition coefficient (Wildman–Crippen LogP) is 4.89. The number of nitrogens with zero attached hydrogens (tertiary/aromatic N) is 5. The lowest BCUT2D eigenvalue weighted by Crippen LogP contribution is -2.48. The Bertz CT molecular complexity index is 1010. The highest BCUT2D eigenvalue weighted by atomic mass is 35.5. The highest BCUT2D eigenvalue weighted by molar-refractivity contribution is 7.14. The number of rotatable bonds is 4. The summed E-state index contributed by atoms with van der Waals surface area (Å²) in [6.07, 6.45) is 10.2. The Hall–Kier alpha value is -2.02. The fraction of sp³-hybridized carbons (Fsp3) is 0.409. The Balaban J connectivity index is 1.32. The molecule has 1 aliphatic carbocycles. The Morgan fingerprint density at radius 2 is 1.86 bits per heavy atom. The summed E-state index contributed by atoms with van der Waals surface area (Å²) in [6.45, 7) is 5.41. The van der Waals surface area contributed by atoms with Gasteiger partial charge >= 0.3 is 0 Å².